The van der Waals surface area contributed by atoms with Crippen molar-refractivity contribution < 1.29 is 9.53 Å². The fourth-order valence-corrected chi connectivity index (χ4v) is 2.43. The predicted molar refractivity (Wildman–Crippen MR) is 65.6 cm³/mol. The van der Waals surface area contributed by atoms with Crippen LogP contribution in [0.25, 0.3) is 0 Å². The smallest absolute Gasteiger partial charge is 0.127 e. The van der Waals surface area contributed by atoms with Gasteiger partial charge in [0.1, 0.15) is 6.29 Å². The number of nitrogens with zero attached hydrogens (tertiary/aromatic N) is 1. The normalized spacial score (nSPS) is 19.0. The lowest BCUT2D eigenvalue weighted by Gasteiger charge is -2.37. The van der Waals surface area contributed by atoms with Gasteiger partial charge in [-0.2, -0.15) is 0 Å². The maximum absolute atomic E-state index is 11.3. The van der Waals surface area contributed by atoms with Crippen molar-refractivity contribution in [2.24, 2.45) is 5.41 Å². The van der Waals surface area contributed by atoms with Gasteiger partial charge in [-0.15, -0.1) is 0 Å². The SMILES string of the molecule is CCC(C=O)(CC)CN(C)C1CCOCC1. The third-order valence-electron chi connectivity index (χ3n) is 4.04. The van der Waals surface area contributed by atoms with E-state index in [1.54, 1.807) is 0 Å². The Morgan fingerprint density at radius 3 is 2.31 bits per heavy atom. The van der Waals surface area contributed by atoms with Crippen molar-refractivity contribution in [1.29, 1.82) is 0 Å². The van der Waals surface area contributed by atoms with Gasteiger partial charge in [0, 0.05) is 31.2 Å². The van der Waals surface area contributed by atoms with E-state index in [2.05, 4.69) is 25.8 Å². The van der Waals surface area contributed by atoms with E-state index in [0.29, 0.717) is 6.04 Å². The van der Waals surface area contributed by atoms with E-state index in [9.17, 15) is 4.79 Å². The first-order valence-corrected chi connectivity index (χ1v) is 6.41. The summed E-state index contributed by atoms with van der Waals surface area (Å²) in [7, 11) is 2.14. The van der Waals surface area contributed by atoms with E-state index < -0.39 is 0 Å². The van der Waals surface area contributed by atoms with Crippen LogP contribution < -0.4 is 0 Å². The lowest BCUT2D eigenvalue weighted by atomic mass is 9.83. The van der Waals surface area contributed by atoms with Crippen LogP contribution in [0.15, 0.2) is 0 Å². The molecule has 1 aliphatic heterocycles. The predicted octanol–water partition coefficient (Wildman–Crippen LogP) is 2.10. The van der Waals surface area contributed by atoms with Gasteiger partial charge in [0.2, 0.25) is 0 Å². The molecule has 1 heterocycles. The second kappa shape index (κ2) is 6.36. The number of carbonyl (C=O) groups is 1. The van der Waals surface area contributed by atoms with Gasteiger partial charge in [0.15, 0.2) is 0 Å². The van der Waals surface area contributed by atoms with Crippen molar-refractivity contribution in [3.63, 3.8) is 0 Å². The summed E-state index contributed by atoms with van der Waals surface area (Å²) in [6, 6.07) is 0.589. The number of hydrogen-bond donors (Lipinski definition) is 0. The molecule has 0 atom stereocenters. The summed E-state index contributed by atoms with van der Waals surface area (Å²) >= 11 is 0. The van der Waals surface area contributed by atoms with Crippen LogP contribution in [0.3, 0.4) is 0 Å². The molecule has 94 valence electrons. The molecule has 0 amide bonds. The molecule has 0 bridgehead atoms. The third-order valence-corrected chi connectivity index (χ3v) is 4.04. The van der Waals surface area contributed by atoms with Crippen molar-refractivity contribution in [2.75, 3.05) is 26.8 Å². The molecule has 16 heavy (non-hydrogen) atoms. The minimum atomic E-state index is -0.146. The fourth-order valence-electron chi connectivity index (χ4n) is 2.43. The summed E-state index contributed by atoms with van der Waals surface area (Å²) in [5.74, 6) is 0. The topological polar surface area (TPSA) is 29.5 Å². The molecule has 0 saturated carbocycles. The first-order chi connectivity index (χ1) is 7.67. The van der Waals surface area contributed by atoms with E-state index in [4.69, 9.17) is 4.74 Å². The van der Waals surface area contributed by atoms with Gasteiger partial charge in [0.05, 0.1) is 0 Å². The van der Waals surface area contributed by atoms with Crippen molar-refractivity contribution in [3.05, 3.63) is 0 Å². The second-order valence-corrected chi connectivity index (χ2v) is 4.95. The Balaban J connectivity index is 2.52. The van der Waals surface area contributed by atoms with E-state index >= 15 is 0 Å². The lowest BCUT2D eigenvalue weighted by molar-refractivity contribution is -0.118. The summed E-state index contributed by atoms with van der Waals surface area (Å²) in [5, 5.41) is 0. The number of rotatable bonds is 6. The summed E-state index contributed by atoms with van der Waals surface area (Å²) in [4.78, 5) is 13.6. The summed E-state index contributed by atoms with van der Waals surface area (Å²) in [5.41, 5.74) is -0.146. The molecule has 0 spiro atoms. The maximum Gasteiger partial charge on any atom is 0.127 e. The van der Waals surface area contributed by atoms with Gasteiger partial charge in [0.25, 0.3) is 0 Å². The van der Waals surface area contributed by atoms with Crippen LogP contribution in [-0.4, -0.2) is 44.0 Å². The molecule has 0 unspecified atom stereocenters. The summed E-state index contributed by atoms with van der Waals surface area (Å²) < 4.78 is 5.36. The Hall–Kier alpha value is -0.410. The number of ether oxygens (including phenoxy) is 1. The molecule has 0 aromatic rings. The first kappa shape index (κ1) is 13.7. The molecule has 0 aromatic carbocycles. The van der Waals surface area contributed by atoms with Gasteiger partial charge in [-0.1, -0.05) is 13.8 Å². The van der Waals surface area contributed by atoms with Gasteiger partial charge in [-0.25, -0.2) is 0 Å². The van der Waals surface area contributed by atoms with Crippen LogP contribution in [0, 0.1) is 5.41 Å². The van der Waals surface area contributed by atoms with Crippen molar-refractivity contribution in [3.8, 4) is 0 Å². The maximum atomic E-state index is 11.3. The quantitative estimate of drug-likeness (QED) is 0.651. The fraction of sp³-hybridized carbons (Fsp3) is 0.923. The van der Waals surface area contributed by atoms with E-state index in [0.717, 1.165) is 51.7 Å². The molecule has 0 radical (unpaired) electrons. The number of aldehydes is 1. The Morgan fingerprint density at radius 2 is 1.88 bits per heavy atom. The Kier molecular flexibility index (Phi) is 5.42. The van der Waals surface area contributed by atoms with Crippen LogP contribution in [0.5, 0.6) is 0 Å². The van der Waals surface area contributed by atoms with Gasteiger partial charge in [-0.3, -0.25) is 0 Å². The highest BCUT2D eigenvalue weighted by Crippen LogP contribution is 2.26. The highest BCUT2D eigenvalue weighted by molar-refractivity contribution is 5.59. The number of hydrogen-bond acceptors (Lipinski definition) is 3. The zero-order valence-corrected chi connectivity index (χ0v) is 10.9. The third kappa shape index (κ3) is 3.29. The molecular weight excluding hydrogens is 202 g/mol. The zero-order valence-electron chi connectivity index (χ0n) is 10.9. The van der Waals surface area contributed by atoms with Gasteiger partial charge in [-0.05, 0) is 32.7 Å². The van der Waals surface area contributed by atoms with Crippen LogP contribution in [0.1, 0.15) is 39.5 Å². The highest BCUT2D eigenvalue weighted by atomic mass is 16.5. The largest absolute Gasteiger partial charge is 0.381 e. The van der Waals surface area contributed by atoms with E-state index in [-0.39, 0.29) is 5.41 Å². The molecule has 3 nitrogen and oxygen atoms in total. The summed E-state index contributed by atoms with van der Waals surface area (Å²) in [6.45, 7) is 6.82. The van der Waals surface area contributed by atoms with Crippen molar-refractivity contribution >= 4 is 6.29 Å². The Bertz CT molecular complexity index is 208. The standard InChI is InChI=1S/C13H25NO2/c1-4-13(5-2,11-15)10-14(3)12-6-8-16-9-7-12/h11-12H,4-10H2,1-3H3. The number of carbonyl (C=O) groups excluding carboxylic acids is 1. The van der Waals surface area contributed by atoms with Crippen molar-refractivity contribution in [2.45, 2.75) is 45.6 Å². The van der Waals surface area contributed by atoms with Crippen LogP contribution in [0.2, 0.25) is 0 Å². The van der Waals surface area contributed by atoms with Gasteiger partial charge >= 0.3 is 0 Å². The van der Waals surface area contributed by atoms with E-state index in [1.807, 2.05) is 0 Å². The molecule has 3 heteroatoms. The van der Waals surface area contributed by atoms with Crippen LogP contribution in [0.4, 0.5) is 0 Å². The molecule has 1 fully saturated rings. The van der Waals surface area contributed by atoms with Crippen molar-refractivity contribution in [1.82, 2.24) is 4.90 Å². The second-order valence-electron chi connectivity index (χ2n) is 4.95. The molecule has 1 saturated heterocycles. The average molecular weight is 227 g/mol. The Morgan fingerprint density at radius 1 is 1.31 bits per heavy atom. The molecule has 0 aliphatic carbocycles. The molecule has 0 N–H and O–H groups in total. The van der Waals surface area contributed by atoms with Crippen LogP contribution in [-0.2, 0) is 9.53 Å². The van der Waals surface area contributed by atoms with Gasteiger partial charge < -0.3 is 14.4 Å². The lowest BCUT2D eigenvalue weighted by Crippen LogP contribution is -2.44. The van der Waals surface area contributed by atoms with Crippen LogP contribution >= 0.6 is 0 Å². The molecule has 0 aromatic heterocycles. The average Bonchev–Trinajstić information content (AvgIpc) is 2.37. The monoisotopic (exact) mass is 227 g/mol. The van der Waals surface area contributed by atoms with E-state index in [1.165, 1.54) is 0 Å². The Labute approximate surface area is 99.1 Å². The summed E-state index contributed by atoms with van der Waals surface area (Å²) in [6.07, 6.45) is 5.21. The zero-order chi connectivity index (χ0) is 12.0. The molecular formula is C13H25NO2. The molecule has 1 aliphatic rings. The first-order valence-electron chi connectivity index (χ1n) is 6.41. The minimum absolute atomic E-state index is 0.146. The minimum Gasteiger partial charge on any atom is -0.381 e. The highest BCUT2D eigenvalue weighted by Gasteiger charge is 2.30. The molecule has 1 rings (SSSR count).